The first kappa shape index (κ1) is 10.2. The smallest absolute Gasteiger partial charge is 0.162 e. The molecule has 2 unspecified atom stereocenters. The summed E-state index contributed by atoms with van der Waals surface area (Å²) in [5.74, 6) is 0.701. The lowest BCUT2D eigenvalue weighted by atomic mass is 9.86. The summed E-state index contributed by atoms with van der Waals surface area (Å²) in [7, 11) is 0. The molecule has 2 atom stereocenters. The van der Waals surface area contributed by atoms with Crippen molar-refractivity contribution in [1.29, 1.82) is 0 Å². The Morgan fingerprint density at radius 1 is 1.07 bits per heavy atom. The first-order valence-corrected chi connectivity index (χ1v) is 5.39. The molecule has 1 aliphatic rings. The van der Waals surface area contributed by atoms with E-state index in [9.17, 15) is 4.79 Å². The lowest BCUT2D eigenvalue weighted by Crippen LogP contribution is -2.12. The molecule has 0 N–H and O–H groups in total. The van der Waals surface area contributed by atoms with Crippen LogP contribution in [0.25, 0.3) is 0 Å². The highest BCUT2D eigenvalue weighted by atomic mass is 16.1. The summed E-state index contributed by atoms with van der Waals surface area (Å²) in [6.07, 6.45) is 0. The normalized spacial score (nSPS) is 26.2. The quantitative estimate of drug-likeness (QED) is 0.679. The maximum absolute atomic E-state index is 11.8. The van der Waals surface area contributed by atoms with Crippen LogP contribution in [0, 0.1) is 5.92 Å². The van der Waals surface area contributed by atoms with Crippen molar-refractivity contribution in [2.75, 3.05) is 0 Å². The molecule has 1 heteroatoms. The Bertz CT molecular complexity index is 414. The van der Waals surface area contributed by atoms with Gasteiger partial charge in [-0.15, -0.1) is 0 Å². The second-order valence-electron chi connectivity index (χ2n) is 4.35. The van der Waals surface area contributed by atoms with Gasteiger partial charge in [0.25, 0.3) is 0 Å². The third-order valence-electron chi connectivity index (χ3n) is 3.50. The zero-order valence-electron chi connectivity index (χ0n) is 9.45. The van der Waals surface area contributed by atoms with E-state index in [1.54, 1.807) is 0 Å². The van der Waals surface area contributed by atoms with Crippen molar-refractivity contribution in [1.82, 2.24) is 0 Å². The van der Waals surface area contributed by atoms with Crippen LogP contribution < -0.4 is 0 Å². The molecule has 2 rings (SSSR count). The Balaban J connectivity index is 2.44. The summed E-state index contributed by atoms with van der Waals surface area (Å²) < 4.78 is 0. The topological polar surface area (TPSA) is 17.1 Å². The molecule has 0 aromatic heterocycles. The molecule has 0 saturated carbocycles. The van der Waals surface area contributed by atoms with Gasteiger partial charge in [-0.05, 0) is 25.0 Å². The van der Waals surface area contributed by atoms with E-state index in [4.69, 9.17) is 0 Å². The number of hydrogen-bond acceptors (Lipinski definition) is 1. The van der Waals surface area contributed by atoms with E-state index in [2.05, 4.69) is 19.1 Å². The third-order valence-corrected chi connectivity index (χ3v) is 3.50. The number of hydrogen-bond donors (Lipinski definition) is 0. The molecule has 0 amide bonds. The maximum Gasteiger partial charge on any atom is 0.162 e. The van der Waals surface area contributed by atoms with Gasteiger partial charge in [0.1, 0.15) is 0 Å². The second-order valence-corrected chi connectivity index (χ2v) is 4.35. The third kappa shape index (κ3) is 1.52. The molecular formula is C14H16O. The zero-order valence-corrected chi connectivity index (χ0v) is 9.45. The standard InChI is InChI=1S/C14H16O/c1-9-10(2)14(15)11(3)13(9)12-7-5-4-6-8-12/h4-8,11,13H,1-3H3. The fraction of sp³-hybridized carbons (Fsp3) is 0.357. The van der Waals surface area contributed by atoms with Gasteiger partial charge in [-0.1, -0.05) is 42.8 Å². The molecule has 15 heavy (non-hydrogen) atoms. The van der Waals surface area contributed by atoms with Gasteiger partial charge in [-0.3, -0.25) is 4.79 Å². The predicted molar refractivity (Wildman–Crippen MR) is 61.7 cm³/mol. The van der Waals surface area contributed by atoms with Gasteiger partial charge in [0, 0.05) is 11.8 Å². The monoisotopic (exact) mass is 200 g/mol. The number of benzene rings is 1. The van der Waals surface area contributed by atoms with Gasteiger partial charge in [0.05, 0.1) is 0 Å². The molecule has 1 aromatic rings. The van der Waals surface area contributed by atoms with Gasteiger partial charge in [-0.25, -0.2) is 0 Å². The van der Waals surface area contributed by atoms with Crippen LogP contribution in [-0.4, -0.2) is 5.78 Å². The fourth-order valence-corrected chi connectivity index (χ4v) is 2.49. The molecule has 0 bridgehead atoms. The average Bonchev–Trinajstić information content (AvgIpc) is 2.45. The van der Waals surface area contributed by atoms with Crippen LogP contribution in [0.4, 0.5) is 0 Å². The largest absolute Gasteiger partial charge is 0.294 e. The minimum atomic E-state index is 0.104. The molecule has 0 radical (unpaired) electrons. The number of carbonyl (C=O) groups excluding carboxylic acids is 1. The molecule has 0 spiro atoms. The summed E-state index contributed by atoms with van der Waals surface area (Å²) in [4.78, 5) is 11.8. The van der Waals surface area contributed by atoms with Crippen molar-refractivity contribution in [3.05, 3.63) is 47.0 Å². The van der Waals surface area contributed by atoms with E-state index in [0.29, 0.717) is 11.7 Å². The summed E-state index contributed by atoms with van der Waals surface area (Å²) in [6.45, 7) is 6.05. The van der Waals surface area contributed by atoms with E-state index < -0.39 is 0 Å². The summed E-state index contributed by atoms with van der Waals surface area (Å²) >= 11 is 0. The Hall–Kier alpha value is -1.37. The van der Waals surface area contributed by atoms with Crippen molar-refractivity contribution in [2.45, 2.75) is 26.7 Å². The number of allylic oxidation sites excluding steroid dienone is 2. The maximum atomic E-state index is 11.8. The van der Waals surface area contributed by atoms with E-state index in [1.165, 1.54) is 11.1 Å². The Morgan fingerprint density at radius 2 is 1.67 bits per heavy atom. The van der Waals surface area contributed by atoms with Gasteiger partial charge in [-0.2, -0.15) is 0 Å². The minimum absolute atomic E-state index is 0.104. The van der Waals surface area contributed by atoms with Crippen LogP contribution in [0.3, 0.4) is 0 Å². The van der Waals surface area contributed by atoms with Crippen molar-refractivity contribution < 1.29 is 4.79 Å². The van der Waals surface area contributed by atoms with Crippen molar-refractivity contribution in [3.8, 4) is 0 Å². The van der Waals surface area contributed by atoms with E-state index in [-0.39, 0.29) is 5.92 Å². The molecule has 1 aromatic carbocycles. The van der Waals surface area contributed by atoms with Gasteiger partial charge < -0.3 is 0 Å². The Morgan fingerprint density at radius 3 is 2.13 bits per heavy atom. The van der Waals surface area contributed by atoms with Crippen LogP contribution in [-0.2, 0) is 4.79 Å². The molecule has 78 valence electrons. The van der Waals surface area contributed by atoms with Gasteiger partial charge in [0.15, 0.2) is 5.78 Å². The zero-order chi connectivity index (χ0) is 11.0. The number of rotatable bonds is 1. The van der Waals surface area contributed by atoms with Gasteiger partial charge in [0.2, 0.25) is 0 Å². The molecule has 0 aliphatic heterocycles. The molecule has 1 aliphatic carbocycles. The number of Topliss-reactive ketones (excluding diaryl/α,β-unsaturated/α-hetero) is 1. The highest BCUT2D eigenvalue weighted by molar-refractivity contribution is 6.01. The van der Waals surface area contributed by atoms with Crippen molar-refractivity contribution in [3.63, 3.8) is 0 Å². The Labute approximate surface area is 90.8 Å². The van der Waals surface area contributed by atoms with E-state index in [1.807, 2.05) is 32.0 Å². The van der Waals surface area contributed by atoms with Crippen LogP contribution in [0.1, 0.15) is 32.3 Å². The fourth-order valence-electron chi connectivity index (χ4n) is 2.49. The van der Waals surface area contributed by atoms with Crippen molar-refractivity contribution in [2.24, 2.45) is 5.92 Å². The van der Waals surface area contributed by atoms with Crippen LogP contribution in [0.5, 0.6) is 0 Å². The highest BCUT2D eigenvalue weighted by Crippen LogP contribution is 2.40. The Kier molecular flexibility index (Phi) is 2.47. The lowest BCUT2D eigenvalue weighted by Gasteiger charge is -2.16. The summed E-state index contributed by atoms with van der Waals surface area (Å²) in [5, 5.41) is 0. The molecule has 1 nitrogen and oxygen atoms in total. The molecular weight excluding hydrogens is 184 g/mol. The van der Waals surface area contributed by atoms with Gasteiger partial charge >= 0.3 is 0 Å². The molecule has 0 heterocycles. The number of ketones is 1. The number of carbonyl (C=O) groups is 1. The first-order valence-electron chi connectivity index (χ1n) is 5.39. The van der Waals surface area contributed by atoms with Crippen LogP contribution >= 0.6 is 0 Å². The average molecular weight is 200 g/mol. The second kappa shape index (κ2) is 3.65. The lowest BCUT2D eigenvalue weighted by molar-refractivity contribution is -0.118. The predicted octanol–water partition coefficient (Wildman–Crippen LogP) is 3.33. The SMILES string of the molecule is CC1=C(C)C(c2ccccc2)C(C)C1=O. The van der Waals surface area contributed by atoms with Crippen LogP contribution in [0.2, 0.25) is 0 Å². The van der Waals surface area contributed by atoms with Crippen molar-refractivity contribution >= 4 is 5.78 Å². The van der Waals surface area contributed by atoms with Crippen LogP contribution in [0.15, 0.2) is 41.5 Å². The summed E-state index contributed by atoms with van der Waals surface area (Å²) in [6, 6.07) is 10.3. The first-order chi connectivity index (χ1) is 7.13. The molecule has 0 saturated heterocycles. The van der Waals surface area contributed by atoms with E-state index in [0.717, 1.165) is 5.57 Å². The summed E-state index contributed by atoms with van der Waals surface area (Å²) in [5.41, 5.74) is 3.45. The van der Waals surface area contributed by atoms with E-state index >= 15 is 0 Å². The molecule has 0 fully saturated rings. The minimum Gasteiger partial charge on any atom is -0.294 e. The highest BCUT2D eigenvalue weighted by Gasteiger charge is 2.35.